The fourth-order valence-corrected chi connectivity index (χ4v) is 1.26. The molecule has 0 aliphatic carbocycles. The molecule has 1 amide bonds. The fourth-order valence-electron chi connectivity index (χ4n) is 1.26. The highest BCUT2D eigenvalue weighted by Gasteiger charge is 2.16. The largest absolute Gasteiger partial charge is 0.507 e. The molecule has 1 rings (SSSR count). The molecule has 0 bridgehead atoms. The van der Waals surface area contributed by atoms with E-state index in [-0.39, 0.29) is 23.6 Å². The van der Waals surface area contributed by atoms with Gasteiger partial charge in [0.2, 0.25) is 5.91 Å². The Bertz CT molecular complexity index is 440. The first-order chi connectivity index (χ1) is 7.95. The molecule has 92 valence electrons. The predicted molar refractivity (Wildman–Crippen MR) is 62.3 cm³/mol. The molecule has 0 saturated heterocycles. The molecular weight excluding hydrogens is 222 g/mol. The summed E-state index contributed by atoms with van der Waals surface area (Å²) in [6, 6.07) is 4.35. The molecule has 17 heavy (non-hydrogen) atoms. The molecule has 0 radical (unpaired) electrons. The highest BCUT2D eigenvalue weighted by molar-refractivity contribution is 6.08. The Hall–Kier alpha value is -2.04. The van der Waals surface area contributed by atoms with Crippen molar-refractivity contribution in [2.24, 2.45) is 0 Å². The number of carbonyl (C=O) groups is 2. The van der Waals surface area contributed by atoms with Gasteiger partial charge in [-0.25, -0.2) is 0 Å². The van der Waals surface area contributed by atoms with Crippen LogP contribution in [0.25, 0.3) is 0 Å². The van der Waals surface area contributed by atoms with Gasteiger partial charge in [0.25, 0.3) is 0 Å². The van der Waals surface area contributed by atoms with Crippen LogP contribution in [0.15, 0.2) is 18.2 Å². The summed E-state index contributed by atoms with van der Waals surface area (Å²) in [5.74, 6) is -0.437. The van der Waals surface area contributed by atoms with E-state index in [2.05, 4.69) is 0 Å². The van der Waals surface area contributed by atoms with Crippen LogP contribution < -0.4 is 4.74 Å². The second kappa shape index (κ2) is 5.34. The fraction of sp³-hybridized carbons (Fsp3) is 0.333. The van der Waals surface area contributed by atoms with Crippen LogP contribution in [0.1, 0.15) is 16.8 Å². The highest BCUT2D eigenvalue weighted by Crippen LogP contribution is 2.24. The lowest BCUT2D eigenvalue weighted by Crippen LogP contribution is -2.24. The summed E-state index contributed by atoms with van der Waals surface area (Å²) in [4.78, 5) is 24.4. The van der Waals surface area contributed by atoms with Crippen molar-refractivity contribution in [3.63, 3.8) is 0 Å². The van der Waals surface area contributed by atoms with Crippen LogP contribution in [0.5, 0.6) is 11.5 Å². The number of ketones is 1. The lowest BCUT2D eigenvalue weighted by molar-refractivity contribution is -0.127. The van der Waals surface area contributed by atoms with Gasteiger partial charge in [0.1, 0.15) is 11.5 Å². The van der Waals surface area contributed by atoms with E-state index >= 15 is 0 Å². The minimum atomic E-state index is -0.413. The number of amides is 1. The molecular formula is C12H15NO4. The second-order valence-electron chi connectivity index (χ2n) is 3.77. The Kier molecular flexibility index (Phi) is 4.09. The third-order valence-corrected chi connectivity index (χ3v) is 2.32. The topological polar surface area (TPSA) is 66.8 Å². The van der Waals surface area contributed by atoms with Crippen LogP contribution in [0.4, 0.5) is 0 Å². The molecule has 0 aliphatic heterocycles. The SMILES string of the molecule is COc1ccc(C(=O)CC(=O)N(C)C)c(O)c1. The first-order valence-electron chi connectivity index (χ1n) is 5.06. The molecule has 0 spiro atoms. The Labute approximate surface area is 99.6 Å². The zero-order valence-electron chi connectivity index (χ0n) is 10.1. The lowest BCUT2D eigenvalue weighted by Gasteiger charge is -2.10. The third-order valence-electron chi connectivity index (χ3n) is 2.32. The molecule has 5 nitrogen and oxygen atoms in total. The van der Waals surface area contributed by atoms with Crippen molar-refractivity contribution in [1.29, 1.82) is 0 Å². The maximum absolute atomic E-state index is 11.7. The van der Waals surface area contributed by atoms with Gasteiger partial charge in [-0.15, -0.1) is 0 Å². The number of rotatable bonds is 4. The first-order valence-corrected chi connectivity index (χ1v) is 5.06. The third kappa shape index (κ3) is 3.21. The van der Waals surface area contributed by atoms with Crippen LogP contribution in [0, 0.1) is 0 Å². The summed E-state index contributed by atoms with van der Waals surface area (Å²) in [5, 5.41) is 9.62. The molecule has 0 atom stereocenters. The number of ether oxygens (including phenoxy) is 1. The summed E-state index contributed by atoms with van der Waals surface area (Å²) in [6.45, 7) is 0. The van der Waals surface area contributed by atoms with Crippen molar-refractivity contribution in [2.45, 2.75) is 6.42 Å². The Morgan fingerprint density at radius 1 is 1.35 bits per heavy atom. The van der Waals surface area contributed by atoms with Crippen molar-refractivity contribution in [1.82, 2.24) is 4.90 Å². The number of phenolic OH excluding ortho intramolecular Hbond substituents is 1. The minimum Gasteiger partial charge on any atom is -0.507 e. The van der Waals surface area contributed by atoms with Crippen molar-refractivity contribution >= 4 is 11.7 Å². The Balaban J connectivity index is 2.86. The van der Waals surface area contributed by atoms with Crippen LogP contribution in [-0.2, 0) is 4.79 Å². The Morgan fingerprint density at radius 2 is 2.00 bits per heavy atom. The van der Waals surface area contributed by atoms with E-state index in [9.17, 15) is 14.7 Å². The summed E-state index contributed by atoms with van der Waals surface area (Å²) in [6.07, 6.45) is -0.257. The molecule has 1 N–H and O–H groups in total. The van der Waals surface area contributed by atoms with E-state index in [1.54, 1.807) is 20.2 Å². The summed E-state index contributed by atoms with van der Waals surface area (Å²) in [5.41, 5.74) is 0.126. The zero-order valence-corrected chi connectivity index (χ0v) is 10.1. The second-order valence-corrected chi connectivity index (χ2v) is 3.77. The van der Waals surface area contributed by atoms with Crippen molar-refractivity contribution in [3.8, 4) is 11.5 Å². The summed E-state index contributed by atoms with van der Waals surface area (Å²) < 4.78 is 4.90. The number of Topliss-reactive ketones (excluding diaryl/α,β-unsaturated/α-hetero) is 1. The maximum Gasteiger partial charge on any atom is 0.229 e. The molecule has 0 saturated carbocycles. The van der Waals surface area contributed by atoms with Gasteiger partial charge in [0.05, 0.1) is 19.1 Å². The van der Waals surface area contributed by atoms with E-state index in [1.807, 2.05) is 0 Å². The number of phenols is 1. The van der Waals surface area contributed by atoms with Gasteiger partial charge >= 0.3 is 0 Å². The molecule has 0 aromatic heterocycles. The highest BCUT2D eigenvalue weighted by atomic mass is 16.5. The van der Waals surface area contributed by atoms with E-state index in [0.29, 0.717) is 5.75 Å². The number of aromatic hydroxyl groups is 1. The Morgan fingerprint density at radius 3 is 2.47 bits per heavy atom. The first kappa shape index (κ1) is 13.0. The number of hydrogen-bond donors (Lipinski definition) is 1. The van der Waals surface area contributed by atoms with E-state index in [1.165, 1.54) is 24.1 Å². The molecule has 1 aromatic carbocycles. The summed E-state index contributed by atoms with van der Waals surface area (Å²) in [7, 11) is 4.61. The molecule has 0 unspecified atom stereocenters. The average Bonchev–Trinajstić information content (AvgIpc) is 2.28. The van der Waals surface area contributed by atoms with Crippen LogP contribution >= 0.6 is 0 Å². The maximum atomic E-state index is 11.7. The number of nitrogens with zero attached hydrogens (tertiary/aromatic N) is 1. The van der Waals surface area contributed by atoms with Crippen LogP contribution in [-0.4, -0.2) is 42.9 Å². The summed E-state index contributed by atoms with van der Waals surface area (Å²) >= 11 is 0. The quantitative estimate of drug-likeness (QED) is 0.628. The molecule has 0 heterocycles. The number of carbonyl (C=O) groups excluding carboxylic acids is 2. The van der Waals surface area contributed by atoms with E-state index in [0.717, 1.165) is 0 Å². The van der Waals surface area contributed by atoms with Crippen LogP contribution in [0.2, 0.25) is 0 Å². The van der Waals surface area contributed by atoms with Gasteiger partial charge < -0.3 is 14.7 Å². The molecule has 0 fully saturated rings. The van der Waals surface area contributed by atoms with Gasteiger partial charge in [-0.1, -0.05) is 0 Å². The number of hydrogen-bond acceptors (Lipinski definition) is 4. The van der Waals surface area contributed by atoms with Crippen molar-refractivity contribution in [2.75, 3.05) is 21.2 Å². The van der Waals surface area contributed by atoms with Crippen molar-refractivity contribution < 1.29 is 19.4 Å². The normalized spacial score (nSPS) is 9.82. The lowest BCUT2D eigenvalue weighted by atomic mass is 10.1. The van der Waals surface area contributed by atoms with Gasteiger partial charge in [-0.05, 0) is 12.1 Å². The molecule has 1 aromatic rings. The minimum absolute atomic E-state index is 0.126. The van der Waals surface area contributed by atoms with Crippen LogP contribution in [0.3, 0.4) is 0 Å². The predicted octanol–water partition coefficient (Wildman–Crippen LogP) is 1.06. The van der Waals surface area contributed by atoms with E-state index in [4.69, 9.17) is 4.74 Å². The van der Waals surface area contributed by atoms with Gasteiger partial charge in [0.15, 0.2) is 5.78 Å². The molecule has 0 aliphatic rings. The number of methoxy groups -OCH3 is 1. The zero-order chi connectivity index (χ0) is 13.0. The van der Waals surface area contributed by atoms with E-state index < -0.39 is 5.78 Å². The van der Waals surface area contributed by atoms with Gasteiger partial charge in [0, 0.05) is 20.2 Å². The number of benzene rings is 1. The standard InChI is InChI=1S/C12H15NO4/c1-13(2)12(16)7-11(15)9-5-4-8(17-3)6-10(9)14/h4-6,14H,7H2,1-3H3. The smallest absolute Gasteiger partial charge is 0.229 e. The van der Waals surface area contributed by atoms with Gasteiger partial charge in [-0.2, -0.15) is 0 Å². The average molecular weight is 237 g/mol. The van der Waals surface area contributed by atoms with Crippen molar-refractivity contribution in [3.05, 3.63) is 23.8 Å². The molecule has 5 heteroatoms. The van der Waals surface area contributed by atoms with Gasteiger partial charge in [-0.3, -0.25) is 9.59 Å². The monoisotopic (exact) mass is 237 g/mol.